The average molecular weight is 265 g/mol. The Labute approximate surface area is 114 Å². The van der Waals surface area contributed by atoms with Crippen LogP contribution < -0.4 is 5.32 Å². The first-order valence-electron chi connectivity index (χ1n) is 7.42. The Kier molecular flexibility index (Phi) is 5.43. The Morgan fingerprint density at radius 3 is 2.47 bits per heavy atom. The zero-order valence-corrected chi connectivity index (χ0v) is 11.5. The molecule has 2 aliphatic carbocycles. The second-order valence-corrected chi connectivity index (χ2v) is 5.40. The normalized spacial score (nSPS) is 20.1. The summed E-state index contributed by atoms with van der Waals surface area (Å²) < 4.78 is 5.55. The van der Waals surface area contributed by atoms with Crippen molar-refractivity contribution < 1.29 is 14.3 Å². The van der Waals surface area contributed by atoms with Crippen molar-refractivity contribution in [3.05, 3.63) is 11.3 Å². The van der Waals surface area contributed by atoms with Crippen LogP contribution in [0.5, 0.6) is 0 Å². The molecule has 0 aromatic rings. The first-order valence-corrected chi connectivity index (χ1v) is 7.42. The van der Waals surface area contributed by atoms with Gasteiger partial charge in [0.25, 0.3) is 0 Å². The molecule has 0 unspecified atom stereocenters. The molecule has 0 aliphatic heterocycles. The van der Waals surface area contributed by atoms with Gasteiger partial charge in [0, 0.05) is 0 Å². The molecule has 1 N–H and O–H groups in total. The van der Waals surface area contributed by atoms with E-state index < -0.39 is 0 Å². The molecule has 0 heterocycles. The Balaban J connectivity index is 2.02. The summed E-state index contributed by atoms with van der Waals surface area (Å²) >= 11 is 0. The molecular formula is C15H23NO3. The maximum atomic E-state index is 12.2. The van der Waals surface area contributed by atoms with Crippen molar-refractivity contribution in [2.24, 2.45) is 0 Å². The molecule has 0 spiro atoms. The van der Waals surface area contributed by atoms with E-state index in [9.17, 15) is 9.59 Å². The van der Waals surface area contributed by atoms with Gasteiger partial charge in [-0.2, -0.15) is 0 Å². The highest BCUT2D eigenvalue weighted by Gasteiger charge is 2.24. The van der Waals surface area contributed by atoms with Crippen LogP contribution in [0.3, 0.4) is 0 Å². The summed E-state index contributed by atoms with van der Waals surface area (Å²) in [6.45, 7) is 0.179. The summed E-state index contributed by atoms with van der Waals surface area (Å²) in [5, 5.41) is 2.95. The van der Waals surface area contributed by atoms with Crippen molar-refractivity contribution >= 4 is 12.3 Å². The molecule has 4 heteroatoms. The number of rotatable bonds is 5. The first kappa shape index (κ1) is 14.1. The maximum Gasteiger partial charge on any atom is 0.354 e. The Bertz CT molecular complexity index is 348. The van der Waals surface area contributed by atoms with Crippen molar-refractivity contribution in [1.29, 1.82) is 0 Å². The van der Waals surface area contributed by atoms with Gasteiger partial charge in [0.15, 0.2) is 0 Å². The molecule has 2 rings (SSSR count). The smallest absolute Gasteiger partial charge is 0.354 e. The largest absolute Gasteiger partial charge is 0.458 e. The van der Waals surface area contributed by atoms with Crippen molar-refractivity contribution in [3.63, 3.8) is 0 Å². The van der Waals surface area contributed by atoms with Crippen LogP contribution in [0, 0.1) is 0 Å². The second kappa shape index (κ2) is 7.31. The van der Waals surface area contributed by atoms with Gasteiger partial charge in [-0.05, 0) is 56.9 Å². The van der Waals surface area contributed by atoms with Crippen molar-refractivity contribution in [2.45, 2.75) is 63.9 Å². The standard InChI is InChI=1S/C15H23NO3/c17-11-10-16-14(12-6-2-1-3-7-12)15(18)19-13-8-4-5-9-13/h11,13,16H,1-10H2. The van der Waals surface area contributed by atoms with Crippen LogP contribution in [0.15, 0.2) is 11.3 Å². The van der Waals surface area contributed by atoms with Crippen LogP contribution in [-0.2, 0) is 14.3 Å². The van der Waals surface area contributed by atoms with E-state index in [0.29, 0.717) is 5.70 Å². The summed E-state index contributed by atoms with van der Waals surface area (Å²) in [7, 11) is 0. The van der Waals surface area contributed by atoms with Crippen LogP contribution in [0.25, 0.3) is 0 Å². The van der Waals surface area contributed by atoms with E-state index in [1.807, 2.05) is 0 Å². The molecule has 0 atom stereocenters. The van der Waals surface area contributed by atoms with Gasteiger partial charge in [-0.1, -0.05) is 6.42 Å². The molecule has 0 bridgehead atoms. The highest BCUT2D eigenvalue weighted by molar-refractivity contribution is 5.89. The number of ether oxygens (including phenoxy) is 1. The number of carbonyl (C=O) groups excluding carboxylic acids is 2. The van der Waals surface area contributed by atoms with Gasteiger partial charge in [-0.25, -0.2) is 4.79 Å². The second-order valence-electron chi connectivity index (χ2n) is 5.40. The molecule has 2 saturated carbocycles. The van der Waals surface area contributed by atoms with Crippen molar-refractivity contribution in [2.75, 3.05) is 6.54 Å². The molecule has 0 aromatic carbocycles. The summed E-state index contributed by atoms with van der Waals surface area (Å²) in [5.74, 6) is -0.259. The maximum absolute atomic E-state index is 12.2. The van der Waals surface area contributed by atoms with Crippen LogP contribution in [-0.4, -0.2) is 24.9 Å². The minimum Gasteiger partial charge on any atom is -0.458 e. The molecule has 0 amide bonds. The van der Waals surface area contributed by atoms with Gasteiger partial charge < -0.3 is 14.8 Å². The zero-order valence-electron chi connectivity index (χ0n) is 11.5. The Hall–Kier alpha value is -1.32. The SMILES string of the molecule is O=CCNC(C(=O)OC1CCCC1)=C1CCCCC1. The highest BCUT2D eigenvalue weighted by atomic mass is 16.5. The summed E-state index contributed by atoms with van der Waals surface area (Å²) in [6, 6.07) is 0. The summed E-state index contributed by atoms with van der Waals surface area (Å²) in [6.07, 6.45) is 10.5. The van der Waals surface area contributed by atoms with Gasteiger partial charge >= 0.3 is 5.97 Å². The molecule has 0 saturated heterocycles. The number of aldehydes is 1. The number of carbonyl (C=O) groups is 2. The minimum absolute atomic E-state index is 0.0738. The summed E-state index contributed by atoms with van der Waals surface area (Å²) in [4.78, 5) is 22.8. The van der Waals surface area contributed by atoms with Crippen molar-refractivity contribution in [1.82, 2.24) is 5.32 Å². The lowest BCUT2D eigenvalue weighted by atomic mass is 9.93. The van der Waals surface area contributed by atoms with Crippen LogP contribution >= 0.6 is 0 Å². The molecule has 2 aliphatic rings. The number of hydrogen-bond donors (Lipinski definition) is 1. The van der Waals surface area contributed by atoms with E-state index in [1.54, 1.807) is 0 Å². The molecule has 4 nitrogen and oxygen atoms in total. The predicted molar refractivity (Wildman–Crippen MR) is 72.5 cm³/mol. The quantitative estimate of drug-likeness (QED) is 0.471. The monoisotopic (exact) mass is 265 g/mol. The van der Waals surface area contributed by atoms with Gasteiger partial charge in [-0.3, -0.25) is 0 Å². The minimum atomic E-state index is -0.259. The summed E-state index contributed by atoms with van der Waals surface area (Å²) in [5.41, 5.74) is 1.69. The average Bonchev–Trinajstić information content (AvgIpc) is 2.93. The van der Waals surface area contributed by atoms with E-state index in [-0.39, 0.29) is 18.6 Å². The van der Waals surface area contributed by atoms with Gasteiger partial charge in [0.2, 0.25) is 0 Å². The van der Waals surface area contributed by atoms with Crippen molar-refractivity contribution in [3.8, 4) is 0 Å². The molecular weight excluding hydrogens is 242 g/mol. The number of allylic oxidation sites excluding steroid dienone is 1. The lowest BCUT2D eigenvalue weighted by Crippen LogP contribution is -2.28. The number of esters is 1. The Morgan fingerprint density at radius 2 is 1.84 bits per heavy atom. The molecule has 106 valence electrons. The predicted octanol–water partition coefficient (Wildman–Crippen LogP) is 2.48. The Morgan fingerprint density at radius 1 is 1.16 bits per heavy atom. The van der Waals surface area contributed by atoms with E-state index in [2.05, 4.69) is 5.32 Å². The van der Waals surface area contributed by atoms with Crippen LogP contribution in [0.4, 0.5) is 0 Å². The topological polar surface area (TPSA) is 55.4 Å². The van der Waals surface area contributed by atoms with Crippen LogP contribution in [0.2, 0.25) is 0 Å². The van der Waals surface area contributed by atoms with Gasteiger partial charge in [-0.15, -0.1) is 0 Å². The lowest BCUT2D eigenvalue weighted by molar-refractivity contribution is -0.144. The van der Waals surface area contributed by atoms with Gasteiger partial charge in [0.05, 0.1) is 6.54 Å². The fourth-order valence-corrected chi connectivity index (χ4v) is 2.93. The zero-order chi connectivity index (χ0) is 13.5. The fourth-order valence-electron chi connectivity index (χ4n) is 2.93. The third-order valence-electron chi connectivity index (χ3n) is 3.95. The molecule has 0 aromatic heterocycles. The van der Waals surface area contributed by atoms with E-state index in [4.69, 9.17) is 4.74 Å². The molecule has 0 radical (unpaired) electrons. The number of nitrogens with one attached hydrogen (secondary N) is 1. The highest BCUT2D eigenvalue weighted by Crippen LogP contribution is 2.27. The lowest BCUT2D eigenvalue weighted by Gasteiger charge is -2.20. The van der Waals surface area contributed by atoms with E-state index in [0.717, 1.165) is 63.2 Å². The molecule has 2 fully saturated rings. The third kappa shape index (κ3) is 4.08. The van der Waals surface area contributed by atoms with Gasteiger partial charge in [0.1, 0.15) is 18.1 Å². The molecule has 19 heavy (non-hydrogen) atoms. The fraction of sp³-hybridized carbons (Fsp3) is 0.733. The van der Waals surface area contributed by atoms with E-state index >= 15 is 0 Å². The first-order chi connectivity index (χ1) is 9.31. The van der Waals surface area contributed by atoms with E-state index in [1.165, 1.54) is 6.42 Å². The number of hydrogen-bond acceptors (Lipinski definition) is 4. The third-order valence-corrected chi connectivity index (χ3v) is 3.95. The van der Waals surface area contributed by atoms with Crippen LogP contribution in [0.1, 0.15) is 57.8 Å².